The van der Waals surface area contributed by atoms with E-state index < -0.39 is 0 Å². The van der Waals surface area contributed by atoms with Gasteiger partial charge in [0, 0.05) is 41.5 Å². The number of nitrogens with one attached hydrogen (secondary N) is 2. The van der Waals surface area contributed by atoms with Crippen LogP contribution in [0.1, 0.15) is 16.1 Å². The van der Waals surface area contributed by atoms with Crippen LogP contribution in [-0.4, -0.2) is 31.6 Å². The van der Waals surface area contributed by atoms with Crippen molar-refractivity contribution < 1.29 is 9.59 Å². The summed E-state index contributed by atoms with van der Waals surface area (Å²) in [7, 11) is 0. The van der Waals surface area contributed by atoms with E-state index in [4.69, 9.17) is 0 Å². The van der Waals surface area contributed by atoms with Crippen molar-refractivity contribution in [1.29, 1.82) is 0 Å². The molecule has 8 nitrogen and oxygen atoms in total. The van der Waals surface area contributed by atoms with Crippen molar-refractivity contribution in [2.45, 2.75) is 25.8 Å². The highest BCUT2D eigenvalue weighted by atomic mass is 32.1. The van der Waals surface area contributed by atoms with Crippen LogP contribution in [0.25, 0.3) is 0 Å². The molecule has 4 rings (SSSR count). The second-order valence-corrected chi connectivity index (χ2v) is 8.63. The Morgan fingerprint density at radius 1 is 1.00 bits per heavy atom. The van der Waals surface area contributed by atoms with Gasteiger partial charge in [-0.1, -0.05) is 6.07 Å². The molecule has 0 aliphatic rings. The number of aryl methyl sites for hydroxylation is 2. The summed E-state index contributed by atoms with van der Waals surface area (Å²) in [6, 6.07) is 9.54. The molecule has 4 heterocycles. The quantitative estimate of drug-likeness (QED) is 0.405. The summed E-state index contributed by atoms with van der Waals surface area (Å²) in [5.74, 6) is 0.172. The fourth-order valence-corrected chi connectivity index (χ4v) is 4.31. The largest absolute Gasteiger partial charge is 0.309 e. The van der Waals surface area contributed by atoms with E-state index in [0.29, 0.717) is 29.6 Å². The summed E-state index contributed by atoms with van der Waals surface area (Å²) < 4.78 is 1.79. The molecule has 0 aliphatic carbocycles. The zero-order valence-corrected chi connectivity index (χ0v) is 18.2. The zero-order chi connectivity index (χ0) is 21.5. The summed E-state index contributed by atoms with van der Waals surface area (Å²) in [4.78, 5) is 33.7. The second kappa shape index (κ2) is 10.1. The van der Waals surface area contributed by atoms with Crippen molar-refractivity contribution in [2.75, 3.05) is 10.6 Å². The molecule has 4 aromatic heterocycles. The van der Waals surface area contributed by atoms with Crippen LogP contribution < -0.4 is 10.6 Å². The van der Waals surface area contributed by atoms with E-state index in [1.807, 2.05) is 35.8 Å². The Morgan fingerprint density at radius 3 is 2.65 bits per heavy atom. The summed E-state index contributed by atoms with van der Waals surface area (Å²) in [5.41, 5.74) is 1.78. The number of hydrogen-bond donors (Lipinski definition) is 2. The van der Waals surface area contributed by atoms with Gasteiger partial charge < -0.3 is 10.6 Å². The lowest BCUT2D eigenvalue weighted by atomic mass is 10.2. The van der Waals surface area contributed by atoms with Crippen molar-refractivity contribution in [3.63, 3.8) is 0 Å². The van der Waals surface area contributed by atoms with Gasteiger partial charge in [0.1, 0.15) is 0 Å². The molecule has 0 aromatic carbocycles. The predicted octanol–water partition coefficient (Wildman–Crippen LogP) is 3.40. The van der Waals surface area contributed by atoms with Crippen LogP contribution in [0.4, 0.5) is 10.9 Å². The predicted molar refractivity (Wildman–Crippen MR) is 121 cm³/mol. The summed E-state index contributed by atoms with van der Waals surface area (Å²) in [5, 5.41) is 14.1. The molecule has 0 saturated heterocycles. The van der Waals surface area contributed by atoms with Crippen molar-refractivity contribution in [3.8, 4) is 0 Å². The Kier molecular flexibility index (Phi) is 6.80. The van der Waals surface area contributed by atoms with E-state index in [2.05, 4.69) is 25.7 Å². The molecule has 0 fully saturated rings. The first-order valence-corrected chi connectivity index (χ1v) is 11.4. The molecular formula is C21H20N6O2S2. The van der Waals surface area contributed by atoms with Gasteiger partial charge >= 0.3 is 0 Å². The van der Waals surface area contributed by atoms with Crippen molar-refractivity contribution in [3.05, 3.63) is 75.8 Å². The molecule has 0 radical (unpaired) electrons. The van der Waals surface area contributed by atoms with E-state index in [-0.39, 0.29) is 18.2 Å². The molecule has 2 amide bonds. The Hall–Kier alpha value is -3.37. The number of aromatic nitrogens is 4. The van der Waals surface area contributed by atoms with E-state index in [1.54, 1.807) is 28.5 Å². The molecule has 31 heavy (non-hydrogen) atoms. The number of nitrogens with zero attached hydrogens (tertiary/aromatic N) is 4. The first-order chi connectivity index (χ1) is 15.1. The van der Waals surface area contributed by atoms with Gasteiger partial charge in [-0.05, 0) is 35.6 Å². The maximum absolute atomic E-state index is 12.3. The molecule has 0 unspecified atom stereocenters. The molecule has 0 aliphatic heterocycles. The third-order valence-electron chi connectivity index (χ3n) is 4.34. The number of thiazole rings is 1. The van der Waals surface area contributed by atoms with Crippen LogP contribution in [0.3, 0.4) is 0 Å². The lowest BCUT2D eigenvalue weighted by Crippen LogP contribution is -2.16. The minimum atomic E-state index is -0.207. The highest BCUT2D eigenvalue weighted by molar-refractivity contribution is 7.14. The number of carbonyl (C=O) groups excluding carboxylic acids is 2. The van der Waals surface area contributed by atoms with Crippen LogP contribution in [-0.2, 0) is 35.4 Å². The number of pyridine rings is 1. The van der Waals surface area contributed by atoms with Gasteiger partial charge in [0.05, 0.1) is 18.5 Å². The Bertz CT molecular complexity index is 1140. The van der Waals surface area contributed by atoms with Crippen molar-refractivity contribution >= 4 is 45.4 Å². The normalized spacial score (nSPS) is 10.7. The van der Waals surface area contributed by atoms with Gasteiger partial charge in [-0.2, -0.15) is 5.10 Å². The first-order valence-electron chi connectivity index (χ1n) is 9.63. The van der Waals surface area contributed by atoms with Gasteiger partial charge in [-0.15, -0.1) is 22.7 Å². The monoisotopic (exact) mass is 452 g/mol. The fourth-order valence-electron chi connectivity index (χ4n) is 2.88. The van der Waals surface area contributed by atoms with Gasteiger partial charge in [-0.3, -0.25) is 19.3 Å². The smallest absolute Gasteiger partial charge is 0.231 e. The average Bonchev–Trinajstić information content (AvgIpc) is 3.51. The molecule has 2 N–H and O–H groups in total. The number of thiophene rings is 1. The third-order valence-corrected chi connectivity index (χ3v) is 6.02. The van der Waals surface area contributed by atoms with E-state index in [9.17, 15) is 9.59 Å². The minimum absolute atomic E-state index is 0.112. The molecule has 0 atom stereocenters. The summed E-state index contributed by atoms with van der Waals surface area (Å²) >= 11 is 2.84. The molecule has 0 bridgehead atoms. The Labute approximate surface area is 187 Å². The van der Waals surface area contributed by atoms with Crippen LogP contribution >= 0.6 is 22.7 Å². The molecular weight excluding hydrogens is 432 g/mol. The number of rotatable bonds is 9. The number of anilines is 2. The van der Waals surface area contributed by atoms with Gasteiger partial charge in [0.2, 0.25) is 11.8 Å². The molecule has 0 spiro atoms. The maximum atomic E-state index is 12.3. The lowest BCUT2D eigenvalue weighted by molar-refractivity contribution is -0.116. The van der Waals surface area contributed by atoms with Crippen LogP contribution in [0.2, 0.25) is 0 Å². The summed E-state index contributed by atoms with van der Waals surface area (Å²) in [6.07, 6.45) is 6.63. The Balaban J connectivity index is 1.24. The van der Waals surface area contributed by atoms with Crippen LogP contribution in [0.5, 0.6) is 0 Å². The third kappa shape index (κ3) is 6.30. The Morgan fingerprint density at radius 2 is 1.84 bits per heavy atom. The SMILES string of the molecule is O=C(Cc1csc(NC(=O)Cc2cccs2)n1)Nc1ccn(CCc2ccncc2)n1. The number of carbonyl (C=O) groups is 2. The van der Waals surface area contributed by atoms with E-state index >= 15 is 0 Å². The average molecular weight is 453 g/mol. The second-order valence-electron chi connectivity index (χ2n) is 6.74. The first kappa shape index (κ1) is 20.9. The van der Waals surface area contributed by atoms with Crippen molar-refractivity contribution in [2.24, 2.45) is 0 Å². The lowest BCUT2D eigenvalue weighted by Gasteiger charge is -2.02. The van der Waals surface area contributed by atoms with Gasteiger partial charge in [0.15, 0.2) is 10.9 Å². The van der Waals surface area contributed by atoms with Crippen LogP contribution in [0, 0.1) is 0 Å². The van der Waals surface area contributed by atoms with Crippen LogP contribution in [0.15, 0.2) is 59.7 Å². The van der Waals surface area contributed by atoms with Gasteiger partial charge in [0.25, 0.3) is 0 Å². The van der Waals surface area contributed by atoms with E-state index in [0.717, 1.165) is 11.3 Å². The number of hydrogen-bond acceptors (Lipinski definition) is 7. The van der Waals surface area contributed by atoms with Gasteiger partial charge in [-0.25, -0.2) is 4.98 Å². The van der Waals surface area contributed by atoms with Crippen molar-refractivity contribution in [1.82, 2.24) is 19.7 Å². The zero-order valence-electron chi connectivity index (χ0n) is 16.5. The molecule has 0 saturated carbocycles. The fraction of sp³-hybridized carbons (Fsp3) is 0.190. The maximum Gasteiger partial charge on any atom is 0.231 e. The standard InChI is InChI=1S/C21H20N6O2S2/c28-19(24-18-6-10-27(26-18)9-5-15-3-7-22-8-4-15)12-16-14-31-21(23-16)25-20(29)13-17-2-1-11-30-17/h1-4,6-8,10-11,14H,5,9,12-13H2,(H,23,25,29)(H,24,26,28). The highest BCUT2D eigenvalue weighted by Crippen LogP contribution is 2.17. The number of amides is 2. The topological polar surface area (TPSA) is 102 Å². The van der Waals surface area contributed by atoms with E-state index in [1.165, 1.54) is 28.2 Å². The minimum Gasteiger partial charge on any atom is -0.309 e. The molecule has 4 aromatic rings. The molecule has 10 heteroatoms. The molecule has 158 valence electrons. The summed E-state index contributed by atoms with van der Waals surface area (Å²) in [6.45, 7) is 0.709. The highest BCUT2D eigenvalue weighted by Gasteiger charge is 2.12.